The fourth-order valence-electron chi connectivity index (χ4n) is 2.53. The van der Waals surface area contributed by atoms with Crippen LogP contribution in [-0.4, -0.2) is 41.6 Å². The molecular weight excluding hydrogens is 296 g/mol. The summed E-state index contributed by atoms with van der Waals surface area (Å²) in [5.41, 5.74) is 7.00. The first kappa shape index (κ1) is 15.2. The summed E-state index contributed by atoms with van der Waals surface area (Å²) in [6, 6.07) is 2.38. The van der Waals surface area contributed by atoms with Crippen molar-refractivity contribution >= 4 is 23.1 Å². The maximum absolute atomic E-state index is 5.90. The van der Waals surface area contributed by atoms with Crippen LogP contribution >= 0.6 is 11.3 Å². The zero-order chi connectivity index (χ0) is 15.5. The first-order chi connectivity index (χ1) is 10.6. The Bertz CT molecular complexity index is 607. The van der Waals surface area contributed by atoms with E-state index in [-0.39, 0.29) is 0 Å². The van der Waals surface area contributed by atoms with E-state index in [9.17, 15) is 0 Å². The van der Waals surface area contributed by atoms with Gasteiger partial charge < -0.3 is 16.0 Å². The summed E-state index contributed by atoms with van der Waals surface area (Å²) in [7, 11) is 3.93. The van der Waals surface area contributed by atoms with Crippen molar-refractivity contribution in [1.29, 1.82) is 0 Å². The topological polar surface area (TPSA) is 80.0 Å². The number of nitrogens with one attached hydrogen (secondary N) is 1. The lowest BCUT2D eigenvalue weighted by atomic mass is 9.78. The molecule has 118 valence electrons. The number of hydrogen-bond donors (Lipinski definition) is 2. The van der Waals surface area contributed by atoms with Crippen LogP contribution in [-0.2, 0) is 6.42 Å². The Morgan fingerprint density at radius 3 is 2.82 bits per heavy atom. The minimum atomic E-state index is 0.323. The van der Waals surface area contributed by atoms with E-state index in [0.29, 0.717) is 12.0 Å². The molecule has 2 aromatic rings. The molecule has 7 heteroatoms. The van der Waals surface area contributed by atoms with Gasteiger partial charge in [0, 0.05) is 56.7 Å². The van der Waals surface area contributed by atoms with Crippen molar-refractivity contribution in [3.63, 3.8) is 0 Å². The molecule has 0 amide bonds. The molecule has 6 nitrogen and oxygen atoms in total. The summed E-state index contributed by atoms with van der Waals surface area (Å²) in [4.78, 5) is 15.5. The molecule has 1 aliphatic rings. The van der Waals surface area contributed by atoms with Crippen molar-refractivity contribution in [1.82, 2.24) is 15.0 Å². The second-order valence-electron chi connectivity index (χ2n) is 5.90. The highest BCUT2D eigenvalue weighted by Crippen LogP contribution is 2.35. The van der Waals surface area contributed by atoms with Crippen molar-refractivity contribution in [2.24, 2.45) is 5.73 Å². The van der Waals surface area contributed by atoms with E-state index in [1.54, 1.807) is 11.3 Å². The largest absolute Gasteiger partial charge is 0.369 e. The monoisotopic (exact) mass is 318 g/mol. The van der Waals surface area contributed by atoms with Crippen LogP contribution in [0.25, 0.3) is 0 Å². The summed E-state index contributed by atoms with van der Waals surface area (Å²) in [6.07, 6.45) is 4.78. The number of nitrogens with zero attached hydrogens (tertiary/aromatic N) is 4. The Morgan fingerprint density at radius 1 is 1.36 bits per heavy atom. The van der Waals surface area contributed by atoms with Gasteiger partial charge in [-0.2, -0.15) is 4.98 Å². The molecule has 0 spiro atoms. The van der Waals surface area contributed by atoms with Gasteiger partial charge in [0.05, 0.1) is 10.7 Å². The molecule has 0 unspecified atom stereocenters. The molecule has 0 aliphatic heterocycles. The van der Waals surface area contributed by atoms with E-state index in [0.717, 1.165) is 48.3 Å². The quantitative estimate of drug-likeness (QED) is 0.846. The third kappa shape index (κ3) is 3.53. The number of anilines is 2. The Kier molecular flexibility index (Phi) is 4.54. The minimum absolute atomic E-state index is 0.323. The Balaban J connectivity index is 1.68. The van der Waals surface area contributed by atoms with E-state index in [1.165, 1.54) is 0 Å². The number of thiazole rings is 1. The third-order valence-electron chi connectivity index (χ3n) is 3.86. The number of aromatic nitrogens is 3. The summed E-state index contributed by atoms with van der Waals surface area (Å²) in [6.45, 7) is 0.820. The highest BCUT2D eigenvalue weighted by molar-refractivity contribution is 7.09. The summed E-state index contributed by atoms with van der Waals surface area (Å²) < 4.78 is 0. The van der Waals surface area contributed by atoms with Crippen LogP contribution in [0, 0.1) is 0 Å². The number of rotatable bonds is 6. The lowest BCUT2D eigenvalue weighted by Gasteiger charge is -2.32. The van der Waals surface area contributed by atoms with Crippen molar-refractivity contribution in [2.75, 3.05) is 30.9 Å². The lowest BCUT2D eigenvalue weighted by Crippen LogP contribution is -2.35. The molecular formula is C15H22N6S. The van der Waals surface area contributed by atoms with E-state index in [1.807, 2.05) is 30.6 Å². The number of hydrogen-bond acceptors (Lipinski definition) is 7. The second kappa shape index (κ2) is 6.58. The van der Waals surface area contributed by atoms with Crippen LogP contribution in [0.5, 0.6) is 0 Å². The van der Waals surface area contributed by atoms with Crippen LogP contribution in [0.1, 0.15) is 29.5 Å². The Hall–Kier alpha value is -1.73. The average Bonchev–Trinajstić information content (AvgIpc) is 2.97. The summed E-state index contributed by atoms with van der Waals surface area (Å²) >= 11 is 1.68. The van der Waals surface area contributed by atoms with Crippen LogP contribution in [0.3, 0.4) is 0 Å². The Labute approximate surface area is 134 Å². The summed E-state index contributed by atoms with van der Waals surface area (Å²) in [5, 5.41) is 6.53. The molecule has 22 heavy (non-hydrogen) atoms. The predicted octanol–water partition coefficient (Wildman–Crippen LogP) is 1.86. The van der Waals surface area contributed by atoms with Gasteiger partial charge in [0.15, 0.2) is 0 Å². The molecule has 1 aliphatic carbocycles. The van der Waals surface area contributed by atoms with E-state index in [2.05, 4.69) is 26.3 Å². The van der Waals surface area contributed by atoms with Crippen LogP contribution < -0.4 is 16.0 Å². The number of nitrogens with two attached hydrogens (primary N) is 1. The highest BCUT2D eigenvalue weighted by atomic mass is 32.1. The summed E-state index contributed by atoms with van der Waals surface area (Å²) in [5.74, 6) is 2.09. The molecule has 0 aromatic carbocycles. The van der Waals surface area contributed by atoms with Gasteiger partial charge in [-0.25, -0.2) is 9.97 Å². The van der Waals surface area contributed by atoms with Crippen LogP contribution in [0.2, 0.25) is 0 Å². The van der Waals surface area contributed by atoms with Gasteiger partial charge in [-0.3, -0.25) is 0 Å². The van der Waals surface area contributed by atoms with Crippen LogP contribution in [0.4, 0.5) is 11.8 Å². The Morgan fingerprint density at radius 2 is 2.18 bits per heavy atom. The van der Waals surface area contributed by atoms with Gasteiger partial charge in [0.1, 0.15) is 5.82 Å². The first-order valence-electron chi connectivity index (χ1n) is 7.56. The predicted molar refractivity (Wildman–Crippen MR) is 90.6 cm³/mol. The van der Waals surface area contributed by atoms with Crippen molar-refractivity contribution in [3.8, 4) is 0 Å². The van der Waals surface area contributed by atoms with E-state index >= 15 is 0 Å². The zero-order valence-corrected chi connectivity index (χ0v) is 13.8. The molecule has 0 radical (unpaired) electrons. The second-order valence-corrected chi connectivity index (χ2v) is 6.88. The van der Waals surface area contributed by atoms with E-state index < -0.39 is 0 Å². The highest BCUT2D eigenvalue weighted by Gasteiger charge is 2.29. The first-order valence-corrected chi connectivity index (χ1v) is 8.44. The van der Waals surface area contributed by atoms with Gasteiger partial charge in [-0.05, 0) is 12.8 Å². The molecule has 3 rings (SSSR count). The van der Waals surface area contributed by atoms with Gasteiger partial charge in [0.2, 0.25) is 5.95 Å². The fourth-order valence-corrected chi connectivity index (χ4v) is 3.15. The minimum Gasteiger partial charge on any atom is -0.369 e. The molecule has 0 saturated heterocycles. The molecule has 0 bridgehead atoms. The maximum Gasteiger partial charge on any atom is 0.227 e. The molecule has 3 N–H and O–H groups in total. The SMILES string of the molecule is CN(C)c1nc(NCCc2nccs2)cc(C2CC(N)C2)n1. The third-order valence-corrected chi connectivity index (χ3v) is 4.69. The standard InChI is InChI=1S/C15H22N6S/c1-21(2)15-19-12(10-7-11(16)8-10)9-13(20-15)17-4-3-14-18-5-6-22-14/h5-6,9-11H,3-4,7-8,16H2,1-2H3,(H,17,19,20). The van der Waals surface area contributed by atoms with Gasteiger partial charge >= 0.3 is 0 Å². The van der Waals surface area contributed by atoms with Crippen molar-refractivity contribution < 1.29 is 0 Å². The lowest BCUT2D eigenvalue weighted by molar-refractivity contribution is 0.345. The van der Waals surface area contributed by atoms with Crippen LogP contribution in [0.15, 0.2) is 17.6 Å². The molecule has 1 saturated carbocycles. The molecule has 2 heterocycles. The van der Waals surface area contributed by atoms with Crippen molar-refractivity contribution in [2.45, 2.75) is 31.2 Å². The smallest absolute Gasteiger partial charge is 0.227 e. The van der Waals surface area contributed by atoms with Gasteiger partial charge in [0.25, 0.3) is 0 Å². The molecule has 2 aromatic heterocycles. The fraction of sp³-hybridized carbons (Fsp3) is 0.533. The molecule has 1 fully saturated rings. The zero-order valence-electron chi connectivity index (χ0n) is 13.0. The maximum atomic E-state index is 5.90. The molecule has 0 atom stereocenters. The van der Waals surface area contributed by atoms with E-state index in [4.69, 9.17) is 5.73 Å². The normalized spacial score (nSPS) is 20.5. The average molecular weight is 318 g/mol. The van der Waals surface area contributed by atoms with Gasteiger partial charge in [-0.1, -0.05) is 0 Å². The van der Waals surface area contributed by atoms with Gasteiger partial charge in [-0.15, -0.1) is 11.3 Å². The van der Waals surface area contributed by atoms with Crippen molar-refractivity contribution in [3.05, 3.63) is 28.3 Å².